The Morgan fingerprint density at radius 1 is 1.53 bits per heavy atom. The summed E-state index contributed by atoms with van der Waals surface area (Å²) in [7, 11) is 1.85. The predicted octanol–water partition coefficient (Wildman–Crippen LogP) is 1.83. The molecule has 1 amide bonds. The van der Waals surface area contributed by atoms with Gasteiger partial charge in [-0.1, -0.05) is 12.1 Å². The molecule has 3 nitrogen and oxygen atoms in total. The number of nitrogens with one attached hydrogen (secondary N) is 1. The molecule has 19 heavy (non-hydrogen) atoms. The summed E-state index contributed by atoms with van der Waals surface area (Å²) in [6, 6.07) is 6.46. The van der Waals surface area contributed by atoms with E-state index in [-0.39, 0.29) is 11.7 Å². The van der Waals surface area contributed by atoms with Crippen LogP contribution in [0.4, 0.5) is 4.39 Å². The Bertz CT molecular complexity index is 430. The summed E-state index contributed by atoms with van der Waals surface area (Å²) < 4.78 is 13.0. The molecule has 2 rings (SSSR count). The SMILES string of the molecule is CN(CC1CCNC1)C(=O)CCc1cccc(F)c1. The maximum absolute atomic E-state index is 13.0. The highest BCUT2D eigenvalue weighted by Gasteiger charge is 2.18. The normalized spacial score (nSPS) is 18.5. The van der Waals surface area contributed by atoms with Gasteiger partial charge in [0, 0.05) is 20.0 Å². The molecule has 1 heterocycles. The van der Waals surface area contributed by atoms with Gasteiger partial charge < -0.3 is 10.2 Å². The number of amides is 1. The lowest BCUT2D eigenvalue weighted by molar-refractivity contribution is -0.130. The number of carbonyl (C=O) groups excluding carboxylic acids is 1. The van der Waals surface area contributed by atoms with Crippen molar-refractivity contribution in [2.45, 2.75) is 19.3 Å². The monoisotopic (exact) mass is 264 g/mol. The van der Waals surface area contributed by atoms with Crippen LogP contribution >= 0.6 is 0 Å². The average molecular weight is 264 g/mol. The van der Waals surface area contributed by atoms with Gasteiger partial charge in [0.25, 0.3) is 0 Å². The molecule has 1 aliphatic heterocycles. The van der Waals surface area contributed by atoms with E-state index in [1.807, 2.05) is 13.1 Å². The van der Waals surface area contributed by atoms with Crippen molar-refractivity contribution in [3.63, 3.8) is 0 Å². The highest BCUT2D eigenvalue weighted by atomic mass is 19.1. The Morgan fingerprint density at radius 2 is 2.37 bits per heavy atom. The molecule has 0 spiro atoms. The zero-order valence-corrected chi connectivity index (χ0v) is 11.4. The van der Waals surface area contributed by atoms with Gasteiger partial charge >= 0.3 is 0 Å². The first kappa shape index (κ1) is 14.0. The molecular formula is C15H21FN2O. The molecule has 1 atom stereocenters. The molecule has 1 aliphatic rings. The summed E-state index contributed by atoms with van der Waals surface area (Å²) in [6.45, 7) is 2.87. The van der Waals surface area contributed by atoms with Crippen LogP contribution in [-0.2, 0) is 11.2 Å². The summed E-state index contributed by atoms with van der Waals surface area (Å²) in [4.78, 5) is 13.8. The third-order valence-electron chi connectivity index (χ3n) is 3.64. The van der Waals surface area contributed by atoms with Crippen molar-refractivity contribution < 1.29 is 9.18 Å². The molecule has 0 aromatic heterocycles. The second kappa shape index (κ2) is 6.66. The Balaban J connectivity index is 1.76. The molecule has 1 N–H and O–H groups in total. The van der Waals surface area contributed by atoms with Crippen molar-refractivity contribution in [3.8, 4) is 0 Å². The van der Waals surface area contributed by atoms with Gasteiger partial charge in [0.2, 0.25) is 5.91 Å². The second-order valence-corrected chi connectivity index (χ2v) is 5.26. The highest BCUT2D eigenvalue weighted by molar-refractivity contribution is 5.76. The van der Waals surface area contributed by atoms with E-state index < -0.39 is 0 Å². The van der Waals surface area contributed by atoms with Crippen molar-refractivity contribution >= 4 is 5.91 Å². The van der Waals surface area contributed by atoms with E-state index in [9.17, 15) is 9.18 Å². The molecule has 104 valence electrons. The van der Waals surface area contributed by atoms with Crippen LogP contribution < -0.4 is 5.32 Å². The number of aryl methyl sites for hydroxylation is 1. The first-order valence-corrected chi connectivity index (χ1v) is 6.84. The third kappa shape index (κ3) is 4.31. The highest BCUT2D eigenvalue weighted by Crippen LogP contribution is 2.11. The summed E-state index contributed by atoms with van der Waals surface area (Å²) >= 11 is 0. The van der Waals surface area contributed by atoms with Crippen molar-refractivity contribution in [1.82, 2.24) is 10.2 Å². The molecule has 0 saturated carbocycles. The van der Waals surface area contributed by atoms with E-state index in [1.165, 1.54) is 12.1 Å². The van der Waals surface area contributed by atoms with Crippen LogP contribution in [0.5, 0.6) is 0 Å². The Labute approximate surface area is 113 Å². The lowest BCUT2D eigenvalue weighted by Crippen LogP contribution is -2.32. The minimum Gasteiger partial charge on any atom is -0.345 e. The van der Waals surface area contributed by atoms with Crippen molar-refractivity contribution in [1.29, 1.82) is 0 Å². The molecule has 0 bridgehead atoms. The fourth-order valence-electron chi connectivity index (χ4n) is 2.49. The smallest absolute Gasteiger partial charge is 0.222 e. The lowest BCUT2D eigenvalue weighted by Gasteiger charge is -2.20. The number of benzene rings is 1. The molecule has 1 aromatic rings. The van der Waals surface area contributed by atoms with E-state index in [1.54, 1.807) is 11.0 Å². The van der Waals surface area contributed by atoms with E-state index in [0.717, 1.165) is 31.6 Å². The molecule has 0 radical (unpaired) electrons. The zero-order chi connectivity index (χ0) is 13.7. The van der Waals surface area contributed by atoms with Crippen LogP contribution in [-0.4, -0.2) is 37.5 Å². The summed E-state index contributed by atoms with van der Waals surface area (Å²) in [6.07, 6.45) is 2.19. The molecule has 1 unspecified atom stereocenters. The average Bonchev–Trinajstić information content (AvgIpc) is 2.89. The standard InChI is InChI=1S/C15H21FN2O/c1-18(11-13-7-8-17-10-13)15(19)6-5-12-3-2-4-14(16)9-12/h2-4,9,13,17H,5-8,10-11H2,1H3. The van der Waals surface area contributed by atoms with Gasteiger partial charge in [-0.25, -0.2) is 4.39 Å². The van der Waals surface area contributed by atoms with Crippen molar-refractivity contribution in [2.75, 3.05) is 26.7 Å². The minimum absolute atomic E-state index is 0.135. The first-order valence-electron chi connectivity index (χ1n) is 6.84. The van der Waals surface area contributed by atoms with Gasteiger partial charge in [0.15, 0.2) is 0 Å². The van der Waals surface area contributed by atoms with Crippen LogP contribution in [0.3, 0.4) is 0 Å². The fraction of sp³-hybridized carbons (Fsp3) is 0.533. The number of hydrogen-bond acceptors (Lipinski definition) is 2. The lowest BCUT2D eigenvalue weighted by atomic mass is 10.1. The molecule has 1 fully saturated rings. The largest absolute Gasteiger partial charge is 0.345 e. The minimum atomic E-state index is -0.240. The first-order chi connectivity index (χ1) is 9.15. The van der Waals surface area contributed by atoms with Gasteiger partial charge in [-0.15, -0.1) is 0 Å². The van der Waals surface area contributed by atoms with Gasteiger partial charge in [-0.05, 0) is 49.5 Å². The van der Waals surface area contributed by atoms with Gasteiger partial charge in [-0.2, -0.15) is 0 Å². The topological polar surface area (TPSA) is 32.3 Å². The predicted molar refractivity (Wildman–Crippen MR) is 73.3 cm³/mol. The number of rotatable bonds is 5. The quantitative estimate of drug-likeness (QED) is 0.880. The van der Waals surface area contributed by atoms with Crippen LogP contribution in [0.1, 0.15) is 18.4 Å². The third-order valence-corrected chi connectivity index (χ3v) is 3.64. The molecule has 4 heteroatoms. The van der Waals surface area contributed by atoms with Gasteiger partial charge in [-0.3, -0.25) is 4.79 Å². The summed E-state index contributed by atoms with van der Waals surface area (Å²) in [5.41, 5.74) is 0.879. The number of nitrogens with zero attached hydrogens (tertiary/aromatic N) is 1. The summed E-state index contributed by atoms with van der Waals surface area (Å²) in [5, 5.41) is 3.30. The molecule has 1 saturated heterocycles. The Morgan fingerprint density at radius 3 is 3.05 bits per heavy atom. The molecule has 0 aliphatic carbocycles. The molecule has 1 aromatic carbocycles. The molecular weight excluding hydrogens is 243 g/mol. The second-order valence-electron chi connectivity index (χ2n) is 5.26. The van der Waals surface area contributed by atoms with Crippen LogP contribution in [0.15, 0.2) is 24.3 Å². The van der Waals surface area contributed by atoms with E-state index in [4.69, 9.17) is 0 Å². The van der Waals surface area contributed by atoms with Crippen molar-refractivity contribution in [2.24, 2.45) is 5.92 Å². The van der Waals surface area contributed by atoms with Gasteiger partial charge in [0.05, 0.1) is 0 Å². The van der Waals surface area contributed by atoms with E-state index in [0.29, 0.717) is 18.8 Å². The van der Waals surface area contributed by atoms with Crippen LogP contribution in [0.2, 0.25) is 0 Å². The maximum Gasteiger partial charge on any atom is 0.222 e. The number of halogens is 1. The summed E-state index contributed by atoms with van der Waals surface area (Å²) in [5.74, 6) is 0.467. The number of hydrogen-bond donors (Lipinski definition) is 1. The van der Waals surface area contributed by atoms with E-state index in [2.05, 4.69) is 5.32 Å². The fourth-order valence-corrected chi connectivity index (χ4v) is 2.49. The van der Waals surface area contributed by atoms with Gasteiger partial charge in [0.1, 0.15) is 5.82 Å². The number of carbonyl (C=O) groups is 1. The van der Waals surface area contributed by atoms with Crippen LogP contribution in [0.25, 0.3) is 0 Å². The Kier molecular flexibility index (Phi) is 4.91. The van der Waals surface area contributed by atoms with E-state index >= 15 is 0 Å². The maximum atomic E-state index is 13.0. The van der Waals surface area contributed by atoms with Crippen molar-refractivity contribution in [3.05, 3.63) is 35.6 Å². The zero-order valence-electron chi connectivity index (χ0n) is 11.4. The van der Waals surface area contributed by atoms with Crippen LogP contribution in [0, 0.1) is 11.7 Å². The Hall–Kier alpha value is -1.42.